The van der Waals surface area contributed by atoms with Crippen molar-refractivity contribution in [2.75, 3.05) is 13.2 Å². The van der Waals surface area contributed by atoms with Gasteiger partial charge in [0.25, 0.3) is 0 Å². The zero-order valence-electron chi connectivity index (χ0n) is 10.0. The van der Waals surface area contributed by atoms with Gasteiger partial charge in [-0.15, -0.1) is 12.3 Å². The van der Waals surface area contributed by atoms with E-state index in [0.717, 1.165) is 45.3 Å². The smallest absolute Gasteiger partial charge is 0.0666 e. The van der Waals surface area contributed by atoms with Crippen LogP contribution in [0.1, 0.15) is 46.0 Å². The van der Waals surface area contributed by atoms with Crippen LogP contribution in [0.3, 0.4) is 0 Å². The first kappa shape index (κ1) is 12.5. The summed E-state index contributed by atoms with van der Waals surface area (Å²) in [5.41, 5.74) is 0.0854. The average molecular weight is 209 g/mol. The molecule has 1 aliphatic rings. The van der Waals surface area contributed by atoms with Gasteiger partial charge in [0.2, 0.25) is 0 Å². The van der Waals surface area contributed by atoms with E-state index in [0.29, 0.717) is 6.04 Å². The van der Waals surface area contributed by atoms with E-state index in [9.17, 15) is 0 Å². The zero-order chi connectivity index (χ0) is 11.1. The van der Waals surface area contributed by atoms with Gasteiger partial charge in [0.05, 0.1) is 5.60 Å². The Kier molecular flexibility index (Phi) is 5.14. The van der Waals surface area contributed by atoms with Crippen LogP contribution in [-0.2, 0) is 4.74 Å². The van der Waals surface area contributed by atoms with E-state index in [-0.39, 0.29) is 5.60 Å². The molecule has 1 saturated heterocycles. The van der Waals surface area contributed by atoms with Gasteiger partial charge in [-0.2, -0.15) is 0 Å². The van der Waals surface area contributed by atoms with E-state index in [4.69, 9.17) is 11.2 Å². The van der Waals surface area contributed by atoms with Crippen LogP contribution in [-0.4, -0.2) is 24.8 Å². The van der Waals surface area contributed by atoms with E-state index in [1.165, 1.54) is 0 Å². The highest BCUT2D eigenvalue weighted by molar-refractivity contribution is 4.86. The molecule has 0 bridgehead atoms. The van der Waals surface area contributed by atoms with Gasteiger partial charge in [-0.3, -0.25) is 0 Å². The van der Waals surface area contributed by atoms with Crippen LogP contribution >= 0.6 is 0 Å². The van der Waals surface area contributed by atoms with Crippen LogP contribution in [0.25, 0.3) is 0 Å². The van der Waals surface area contributed by atoms with E-state index >= 15 is 0 Å². The minimum absolute atomic E-state index is 0.0854. The lowest BCUT2D eigenvalue weighted by atomic mass is 9.90. The van der Waals surface area contributed by atoms with Crippen molar-refractivity contribution >= 4 is 0 Å². The Bertz CT molecular complexity index is 221. The molecule has 1 N–H and O–H groups in total. The third kappa shape index (κ3) is 4.24. The van der Waals surface area contributed by atoms with Crippen LogP contribution in [0.4, 0.5) is 0 Å². The number of unbranched alkanes of at least 4 members (excludes halogenated alkanes) is 1. The molecule has 0 spiro atoms. The first-order valence-electron chi connectivity index (χ1n) is 6.01. The summed E-state index contributed by atoms with van der Waals surface area (Å²) in [6, 6.07) is 0.612. The summed E-state index contributed by atoms with van der Waals surface area (Å²) < 4.78 is 5.80. The number of ether oxygens (including phenoxy) is 1. The zero-order valence-corrected chi connectivity index (χ0v) is 10.0. The average Bonchev–Trinajstić information content (AvgIpc) is 2.25. The molecular formula is C13H23NO. The Morgan fingerprint density at radius 1 is 1.60 bits per heavy atom. The largest absolute Gasteiger partial charge is 0.375 e. The molecule has 1 fully saturated rings. The molecule has 0 aromatic rings. The first-order chi connectivity index (χ1) is 7.20. The summed E-state index contributed by atoms with van der Waals surface area (Å²) in [4.78, 5) is 0. The lowest BCUT2D eigenvalue weighted by Crippen LogP contribution is -2.45. The summed E-state index contributed by atoms with van der Waals surface area (Å²) in [6.45, 7) is 6.33. The molecule has 0 aromatic carbocycles. The summed E-state index contributed by atoms with van der Waals surface area (Å²) in [7, 11) is 0. The quantitative estimate of drug-likeness (QED) is 0.554. The molecule has 2 atom stereocenters. The molecule has 2 heteroatoms. The predicted molar refractivity (Wildman–Crippen MR) is 63.7 cm³/mol. The number of nitrogens with one attached hydrogen (secondary N) is 1. The Hall–Kier alpha value is -0.520. The van der Waals surface area contributed by atoms with E-state index < -0.39 is 0 Å². The van der Waals surface area contributed by atoms with Crippen molar-refractivity contribution in [3.05, 3.63) is 0 Å². The van der Waals surface area contributed by atoms with Crippen LogP contribution in [0, 0.1) is 12.3 Å². The van der Waals surface area contributed by atoms with Gasteiger partial charge in [0, 0.05) is 19.1 Å². The summed E-state index contributed by atoms with van der Waals surface area (Å²) in [5, 5.41) is 3.57. The van der Waals surface area contributed by atoms with Gasteiger partial charge < -0.3 is 10.1 Å². The van der Waals surface area contributed by atoms with Crippen molar-refractivity contribution in [2.45, 2.75) is 57.6 Å². The topological polar surface area (TPSA) is 21.3 Å². The molecule has 0 amide bonds. The third-order valence-electron chi connectivity index (χ3n) is 3.27. The van der Waals surface area contributed by atoms with Crippen molar-refractivity contribution in [1.29, 1.82) is 0 Å². The van der Waals surface area contributed by atoms with Gasteiger partial charge in [0.15, 0.2) is 0 Å². The molecule has 2 nitrogen and oxygen atoms in total. The standard InChI is InChI=1S/C13H23NO/c1-4-6-7-9-14-12-8-10-15-13(3,5-2)11-12/h1,12,14H,5-11H2,2-3H3. The Labute approximate surface area is 93.8 Å². The molecule has 1 heterocycles. The Balaban J connectivity index is 2.22. The fourth-order valence-corrected chi connectivity index (χ4v) is 2.05. The highest BCUT2D eigenvalue weighted by Crippen LogP contribution is 2.27. The Morgan fingerprint density at radius 3 is 3.07 bits per heavy atom. The van der Waals surface area contributed by atoms with Crippen molar-refractivity contribution in [1.82, 2.24) is 5.32 Å². The lowest BCUT2D eigenvalue weighted by molar-refractivity contribution is -0.0778. The molecule has 0 radical (unpaired) electrons. The van der Waals surface area contributed by atoms with Crippen molar-refractivity contribution in [2.24, 2.45) is 0 Å². The molecule has 0 aromatic heterocycles. The maximum Gasteiger partial charge on any atom is 0.0666 e. The number of hydrogen-bond donors (Lipinski definition) is 1. The van der Waals surface area contributed by atoms with Crippen molar-refractivity contribution < 1.29 is 4.74 Å². The maximum absolute atomic E-state index is 5.80. The van der Waals surface area contributed by atoms with Crippen LogP contribution in [0.5, 0.6) is 0 Å². The Morgan fingerprint density at radius 2 is 2.40 bits per heavy atom. The second-order valence-corrected chi connectivity index (χ2v) is 4.60. The van der Waals surface area contributed by atoms with E-state index in [1.54, 1.807) is 0 Å². The first-order valence-corrected chi connectivity index (χ1v) is 6.01. The van der Waals surface area contributed by atoms with Gasteiger partial charge in [-0.05, 0) is 39.2 Å². The van der Waals surface area contributed by atoms with Crippen LogP contribution in [0.2, 0.25) is 0 Å². The minimum Gasteiger partial charge on any atom is -0.375 e. The minimum atomic E-state index is 0.0854. The molecular weight excluding hydrogens is 186 g/mol. The predicted octanol–water partition coefficient (Wildman–Crippen LogP) is 2.34. The highest BCUT2D eigenvalue weighted by Gasteiger charge is 2.30. The van der Waals surface area contributed by atoms with Gasteiger partial charge in [0.1, 0.15) is 0 Å². The monoisotopic (exact) mass is 209 g/mol. The molecule has 86 valence electrons. The summed E-state index contributed by atoms with van der Waals surface area (Å²) in [5.74, 6) is 2.67. The highest BCUT2D eigenvalue weighted by atomic mass is 16.5. The van der Waals surface area contributed by atoms with E-state index in [2.05, 4.69) is 25.1 Å². The molecule has 0 aliphatic carbocycles. The normalized spacial score (nSPS) is 31.1. The van der Waals surface area contributed by atoms with Gasteiger partial charge in [-0.1, -0.05) is 6.92 Å². The van der Waals surface area contributed by atoms with Gasteiger partial charge >= 0.3 is 0 Å². The summed E-state index contributed by atoms with van der Waals surface area (Å²) >= 11 is 0. The SMILES string of the molecule is C#CCCCNC1CCOC(C)(CC)C1. The van der Waals surface area contributed by atoms with Crippen LogP contribution < -0.4 is 5.32 Å². The second kappa shape index (κ2) is 6.15. The van der Waals surface area contributed by atoms with Gasteiger partial charge in [-0.25, -0.2) is 0 Å². The fraction of sp³-hybridized carbons (Fsp3) is 0.846. The van der Waals surface area contributed by atoms with Crippen molar-refractivity contribution in [3.63, 3.8) is 0 Å². The lowest BCUT2D eigenvalue weighted by Gasteiger charge is -2.38. The summed E-state index contributed by atoms with van der Waals surface area (Å²) in [6.07, 6.45) is 10.5. The fourth-order valence-electron chi connectivity index (χ4n) is 2.05. The number of terminal acetylenes is 1. The van der Waals surface area contributed by atoms with E-state index in [1.807, 2.05) is 0 Å². The van der Waals surface area contributed by atoms with Crippen LogP contribution in [0.15, 0.2) is 0 Å². The molecule has 1 rings (SSSR count). The molecule has 0 saturated carbocycles. The number of rotatable bonds is 5. The van der Waals surface area contributed by atoms with Crippen molar-refractivity contribution in [3.8, 4) is 12.3 Å². The number of hydrogen-bond acceptors (Lipinski definition) is 2. The third-order valence-corrected chi connectivity index (χ3v) is 3.27. The molecule has 1 aliphatic heterocycles. The maximum atomic E-state index is 5.80. The molecule has 15 heavy (non-hydrogen) atoms. The molecule has 2 unspecified atom stereocenters. The second-order valence-electron chi connectivity index (χ2n) is 4.60.